The Bertz CT molecular complexity index is 1060. The minimum atomic E-state index is 0.0553. The van der Waals surface area contributed by atoms with Gasteiger partial charge in [-0.25, -0.2) is 9.97 Å². The van der Waals surface area contributed by atoms with Gasteiger partial charge < -0.3 is 4.90 Å². The molecule has 4 saturated heterocycles. The number of benzene rings is 1. The number of piperidine rings is 3. The van der Waals surface area contributed by atoms with Crippen molar-refractivity contribution in [2.24, 2.45) is 5.92 Å². The molecule has 7 rings (SSSR count). The normalized spacial score (nSPS) is 30.5. The molecule has 4 fully saturated rings. The molecule has 146 valence electrons. The first-order valence-corrected chi connectivity index (χ1v) is 10.6. The second-order valence-electron chi connectivity index (χ2n) is 8.58. The number of likely N-dealkylation sites (tertiary alicyclic amines) is 1. The van der Waals surface area contributed by atoms with Crippen LogP contribution in [0.2, 0.25) is 0 Å². The minimum absolute atomic E-state index is 0.0553. The first kappa shape index (κ1) is 17.1. The molecule has 6 heterocycles. The first-order chi connectivity index (χ1) is 14.3. The number of fused-ring (bicyclic) bond motifs is 3. The third kappa shape index (κ3) is 2.68. The fourth-order valence-electron chi connectivity index (χ4n) is 5.87. The van der Waals surface area contributed by atoms with Gasteiger partial charge in [0.2, 0.25) is 0 Å². The van der Waals surface area contributed by atoms with E-state index in [-0.39, 0.29) is 11.9 Å². The van der Waals surface area contributed by atoms with Crippen LogP contribution < -0.4 is 0 Å². The zero-order chi connectivity index (χ0) is 19.4. The van der Waals surface area contributed by atoms with Gasteiger partial charge in [0.15, 0.2) is 5.65 Å². The zero-order valence-electron chi connectivity index (χ0n) is 16.3. The van der Waals surface area contributed by atoms with E-state index in [0.29, 0.717) is 29.2 Å². The molecule has 0 radical (unpaired) electrons. The van der Waals surface area contributed by atoms with Gasteiger partial charge in [0.25, 0.3) is 5.91 Å². The second-order valence-corrected chi connectivity index (χ2v) is 8.58. The van der Waals surface area contributed by atoms with Gasteiger partial charge in [-0.2, -0.15) is 0 Å². The third-order valence-electron chi connectivity index (χ3n) is 7.17. The molecule has 2 bridgehead atoms. The van der Waals surface area contributed by atoms with Crippen LogP contribution in [-0.4, -0.2) is 57.4 Å². The number of aromatic nitrogens is 2. The quantitative estimate of drug-likeness (QED) is 0.680. The molecular formula is C24H24N4O. The molecule has 0 N–H and O–H groups in total. The Hall–Kier alpha value is -2.79. The van der Waals surface area contributed by atoms with E-state index in [1.807, 2.05) is 24.3 Å². The fourth-order valence-corrected chi connectivity index (χ4v) is 5.87. The molecule has 5 nitrogen and oxygen atoms in total. The summed E-state index contributed by atoms with van der Waals surface area (Å²) in [5.41, 5.74) is 2.50. The summed E-state index contributed by atoms with van der Waals surface area (Å²) in [6.45, 7) is 3.10. The predicted molar refractivity (Wildman–Crippen MR) is 112 cm³/mol. The summed E-state index contributed by atoms with van der Waals surface area (Å²) in [5, 5.41) is 0.966. The molecule has 3 aromatic rings. The Morgan fingerprint density at radius 3 is 2.59 bits per heavy atom. The van der Waals surface area contributed by atoms with Crippen LogP contribution in [0.4, 0.5) is 0 Å². The maximum Gasteiger partial charge on any atom is 0.272 e. The lowest BCUT2D eigenvalue weighted by atomic mass is 9.75. The van der Waals surface area contributed by atoms with Crippen LogP contribution >= 0.6 is 0 Å². The maximum absolute atomic E-state index is 13.6. The van der Waals surface area contributed by atoms with Gasteiger partial charge in [0.1, 0.15) is 5.69 Å². The van der Waals surface area contributed by atoms with E-state index in [1.54, 1.807) is 6.20 Å². The van der Waals surface area contributed by atoms with E-state index in [2.05, 4.69) is 50.1 Å². The highest BCUT2D eigenvalue weighted by Gasteiger charge is 2.54. The van der Waals surface area contributed by atoms with Crippen molar-refractivity contribution in [1.29, 1.82) is 0 Å². The largest absolute Gasteiger partial charge is 0.332 e. The number of nitrogens with zero attached hydrogens (tertiary/aromatic N) is 4. The highest BCUT2D eigenvalue weighted by molar-refractivity contribution is 5.95. The third-order valence-corrected chi connectivity index (χ3v) is 7.17. The number of rotatable bonds is 2. The molecule has 29 heavy (non-hydrogen) atoms. The van der Waals surface area contributed by atoms with Crippen molar-refractivity contribution in [3.63, 3.8) is 0 Å². The van der Waals surface area contributed by atoms with Crippen molar-refractivity contribution in [2.75, 3.05) is 19.6 Å². The van der Waals surface area contributed by atoms with E-state index in [1.165, 1.54) is 18.4 Å². The lowest BCUT2D eigenvalue weighted by molar-refractivity contribution is -0.00357. The number of pyridine rings is 2. The van der Waals surface area contributed by atoms with Gasteiger partial charge in [-0.05, 0) is 61.7 Å². The maximum atomic E-state index is 13.6. The summed E-state index contributed by atoms with van der Waals surface area (Å²) in [7, 11) is 0. The molecule has 0 aliphatic carbocycles. The number of hydrogen-bond donors (Lipinski definition) is 0. The van der Waals surface area contributed by atoms with Crippen LogP contribution in [-0.2, 0) is 0 Å². The smallest absolute Gasteiger partial charge is 0.272 e. The lowest BCUT2D eigenvalue weighted by Gasteiger charge is -2.51. The number of hydrogen-bond acceptors (Lipinski definition) is 4. The summed E-state index contributed by atoms with van der Waals surface area (Å²) in [4.78, 5) is 27.3. The van der Waals surface area contributed by atoms with E-state index in [4.69, 9.17) is 0 Å². The molecule has 1 amide bonds. The molecule has 1 aromatic carbocycles. The standard InChI is InChI=1S/C24H24N4O/c29-24(20-9-8-18-7-4-12-25-23(18)26-20)28-15-19(16-5-2-1-3-6-16)22-21(28)17-10-13-27(22)14-11-17/h1-9,12,17,19,21-22H,10-11,13-15H2/t19-,21+,22+/m1/s1. The van der Waals surface area contributed by atoms with Crippen molar-refractivity contribution >= 4 is 16.9 Å². The Morgan fingerprint density at radius 2 is 1.76 bits per heavy atom. The van der Waals surface area contributed by atoms with Crippen molar-refractivity contribution in [1.82, 2.24) is 19.8 Å². The van der Waals surface area contributed by atoms with Crippen LogP contribution in [0.25, 0.3) is 11.0 Å². The van der Waals surface area contributed by atoms with E-state index in [0.717, 1.165) is 25.0 Å². The summed E-state index contributed by atoms with van der Waals surface area (Å²) >= 11 is 0. The molecule has 4 aliphatic heterocycles. The summed E-state index contributed by atoms with van der Waals surface area (Å²) in [6, 6.07) is 19.1. The van der Waals surface area contributed by atoms with Crippen LogP contribution in [0.5, 0.6) is 0 Å². The Morgan fingerprint density at radius 1 is 0.931 bits per heavy atom. The predicted octanol–water partition coefficient (Wildman–Crippen LogP) is 3.33. The highest BCUT2D eigenvalue weighted by atomic mass is 16.2. The molecular weight excluding hydrogens is 360 g/mol. The molecule has 4 aliphatic rings. The summed E-state index contributed by atoms with van der Waals surface area (Å²) in [6.07, 6.45) is 4.12. The van der Waals surface area contributed by atoms with Gasteiger partial charge in [0.05, 0.1) is 6.04 Å². The average Bonchev–Trinajstić information content (AvgIpc) is 3.23. The second kappa shape index (κ2) is 6.63. The van der Waals surface area contributed by atoms with Crippen molar-refractivity contribution in [3.05, 3.63) is 72.1 Å². The molecule has 3 atom stereocenters. The van der Waals surface area contributed by atoms with Crippen LogP contribution in [0.3, 0.4) is 0 Å². The van der Waals surface area contributed by atoms with Crippen molar-refractivity contribution < 1.29 is 4.79 Å². The Balaban J connectivity index is 1.39. The van der Waals surface area contributed by atoms with Gasteiger partial charge in [-0.1, -0.05) is 30.3 Å². The van der Waals surface area contributed by atoms with Crippen molar-refractivity contribution in [2.45, 2.75) is 30.8 Å². The van der Waals surface area contributed by atoms with Gasteiger partial charge in [-0.3, -0.25) is 9.69 Å². The van der Waals surface area contributed by atoms with Crippen molar-refractivity contribution in [3.8, 4) is 0 Å². The first-order valence-electron chi connectivity index (χ1n) is 10.6. The fraction of sp³-hybridized carbons (Fsp3) is 0.375. The van der Waals surface area contributed by atoms with E-state index in [9.17, 15) is 4.79 Å². The van der Waals surface area contributed by atoms with Gasteiger partial charge in [0, 0.05) is 30.1 Å². The molecule has 0 unspecified atom stereocenters. The van der Waals surface area contributed by atoms with Crippen LogP contribution in [0.15, 0.2) is 60.8 Å². The molecule has 2 aromatic heterocycles. The van der Waals surface area contributed by atoms with E-state index < -0.39 is 0 Å². The lowest BCUT2D eigenvalue weighted by Crippen LogP contribution is -2.60. The minimum Gasteiger partial charge on any atom is -0.332 e. The summed E-state index contributed by atoms with van der Waals surface area (Å²) in [5.74, 6) is 1.02. The van der Waals surface area contributed by atoms with Gasteiger partial charge in [-0.15, -0.1) is 0 Å². The number of amides is 1. The van der Waals surface area contributed by atoms with Gasteiger partial charge >= 0.3 is 0 Å². The Kier molecular flexibility index (Phi) is 3.91. The number of carbonyl (C=O) groups excluding carboxylic acids is 1. The SMILES string of the molecule is O=C(c1ccc2cccnc2n1)N1C[C@H](c2ccccc2)[C@H]2[C@@H]1C1CCN2CC1. The Labute approximate surface area is 170 Å². The van der Waals surface area contributed by atoms with Crippen LogP contribution in [0.1, 0.15) is 34.8 Å². The molecule has 0 spiro atoms. The topological polar surface area (TPSA) is 49.3 Å². The highest BCUT2D eigenvalue weighted by Crippen LogP contribution is 2.46. The number of carbonyl (C=O) groups is 1. The molecule has 5 heteroatoms. The average molecular weight is 384 g/mol. The molecule has 0 saturated carbocycles. The zero-order valence-corrected chi connectivity index (χ0v) is 16.3. The van der Waals surface area contributed by atoms with Crippen LogP contribution in [0, 0.1) is 5.92 Å². The summed E-state index contributed by atoms with van der Waals surface area (Å²) < 4.78 is 0. The van der Waals surface area contributed by atoms with E-state index >= 15 is 0 Å². The monoisotopic (exact) mass is 384 g/mol.